The van der Waals surface area contributed by atoms with Gasteiger partial charge >= 0.3 is 5.97 Å². The minimum absolute atomic E-state index is 0.238. The molecular weight excluding hydrogens is 359 g/mol. The van der Waals surface area contributed by atoms with E-state index in [9.17, 15) is 9.18 Å². The van der Waals surface area contributed by atoms with Gasteiger partial charge in [0.2, 0.25) is 0 Å². The van der Waals surface area contributed by atoms with Crippen molar-refractivity contribution >= 4 is 44.1 Å². The fourth-order valence-electron chi connectivity index (χ4n) is 1.65. The number of esters is 1. The van der Waals surface area contributed by atoms with Crippen LogP contribution in [0.5, 0.6) is 0 Å². The molecule has 0 atom stereocenters. The van der Waals surface area contributed by atoms with Crippen LogP contribution in [0.2, 0.25) is 0 Å². The number of carbonyl (C=O) groups is 1. The van der Waals surface area contributed by atoms with Crippen LogP contribution in [0.4, 0.5) is 15.2 Å². The van der Waals surface area contributed by atoms with Crippen molar-refractivity contribution < 1.29 is 13.9 Å². The van der Waals surface area contributed by atoms with Crippen LogP contribution in [0.1, 0.15) is 19.0 Å². The van der Waals surface area contributed by atoms with Crippen molar-refractivity contribution in [1.29, 1.82) is 0 Å². The van der Waals surface area contributed by atoms with Crippen molar-refractivity contribution in [2.75, 3.05) is 11.9 Å². The van der Waals surface area contributed by atoms with E-state index in [1.807, 2.05) is 5.38 Å². The molecule has 0 saturated carbocycles. The van der Waals surface area contributed by atoms with Gasteiger partial charge in [-0.15, -0.1) is 11.3 Å². The topological polar surface area (TPSA) is 51.2 Å². The largest absolute Gasteiger partial charge is 0.466 e. The van der Waals surface area contributed by atoms with Gasteiger partial charge in [-0.05, 0) is 25.1 Å². The fourth-order valence-corrected chi connectivity index (χ4v) is 2.77. The minimum atomic E-state index is -0.346. The second-order valence-corrected chi connectivity index (χ2v) is 5.97. The molecule has 0 saturated heterocycles. The molecular formula is C14H14BrFN2O2S. The van der Waals surface area contributed by atoms with E-state index in [0.29, 0.717) is 30.3 Å². The van der Waals surface area contributed by atoms with Gasteiger partial charge in [0.1, 0.15) is 5.82 Å². The first-order valence-corrected chi connectivity index (χ1v) is 8.08. The number of nitrogens with one attached hydrogen (secondary N) is 1. The van der Waals surface area contributed by atoms with Gasteiger partial charge in [0.05, 0.1) is 24.4 Å². The zero-order chi connectivity index (χ0) is 15.2. The average Bonchev–Trinajstić information content (AvgIpc) is 2.89. The highest BCUT2D eigenvalue weighted by molar-refractivity contribution is 9.10. The lowest BCUT2D eigenvalue weighted by Crippen LogP contribution is -2.05. The molecule has 2 aromatic rings. The van der Waals surface area contributed by atoms with Crippen molar-refractivity contribution in [3.63, 3.8) is 0 Å². The van der Waals surface area contributed by atoms with Crippen LogP contribution < -0.4 is 5.32 Å². The SMILES string of the molecule is CCOC(=O)CCc1csc(Nc2cc(Br)ccc2F)n1. The fraction of sp³-hybridized carbons (Fsp3) is 0.286. The van der Waals surface area contributed by atoms with E-state index in [4.69, 9.17) is 4.74 Å². The highest BCUT2D eigenvalue weighted by Crippen LogP contribution is 2.26. The number of anilines is 2. The van der Waals surface area contributed by atoms with E-state index < -0.39 is 0 Å². The van der Waals surface area contributed by atoms with Crippen LogP contribution in [0, 0.1) is 5.82 Å². The predicted molar refractivity (Wildman–Crippen MR) is 84.5 cm³/mol. The number of ether oxygens (including phenoxy) is 1. The lowest BCUT2D eigenvalue weighted by atomic mass is 10.2. The van der Waals surface area contributed by atoms with Crippen molar-refractivity contribution in [1.82, 2.24) is 4.98 Å². The zero-order valence-electron chi connectivity index (χ0n) is 11.4. The summed E-state index contributed by atoms with van der Waals surface area (Å²) in [6.07, 6.45) is 0.806. The standard InChI is InChI=1S/C14H14BrFN2O2S/c1-2-20-13(19)6-4-10-8-21-14(17-10)18-12-7-9(15)3-5-11(12)16/h3,5,7-8H,2,4,6H2,1H3,(H,17,18). The molecule has 112 valence electrons. The van der Waals surface area contributed by atoms with Crippen molar-refractivity contribution in [3.8, 4) is 0 Å². The molecule has 0 amide bonds. The Labute approximate surface area is 134 Å². The molecule has 1 heterocycles. The highest BCUT2D eigenvalue weighted by Gasteiger charge is 2.08. The number of thiazole rings is 1. The minimum Gasteiger partial charge on any atom is -0.466 e. The van der Waals surface area contributed by atoms with Gasteiger partial charge < -0.3 is 10.1 Å². The van der Waals surface area contributed by atoms with Crippen molar-refractivity contribution in [3.05, 3.63) is 39.6 Å². The summed E-state index contributed by atoms with van der Waals surface area (Å²) >= 11 is 4.66. The summed E-state index contributed by atoms with van der Waals surface area (Å²) in [6.45, 7) is 2.15. The highest BCUT2D eigenvalue weighted by atomic mass is 79.9. The first-order valence-electron chi connectivity index (χ1n) is 6.40. The first kappa shape index (κ1) is 15.9. The number of halogens is 2. The van der Waals surface area contributed by atoms with Crippen LogP contribution in [0.3, 0.4) is 0 Å². The molecule has 0 aliphatic carbocycles. The van der Waals surface area contributed by atoms with Crippen LogP contribution in [0.25, 0.3) is 0 Å². The molecule has 0 spiro atoms. The number of carbonyl (C=O) groups excluding carboxylic acids is 1. The predicted octanol–water partition coefficient (Wildman–Crippen LogP) is 4.28. The maximum atomic E-state index is 13.6. The van der Waals surface area contributed by atoms with E-state index in [1.165, 1.54) is 17.4 Å². The Bertz CT molecular complexity index is 633. The van der Waals surface area contributed by atoms with E-state index in [2.05, 4.69) is 26.2 Å². The summed E-state index contributed by atoms with van der Waals surface area (Å²) in [7, 11) is 0. The third kappa shape index (κ3) is 4.78. The summed E-state index contributed by atoms with van der Waals surface area (Å²) in [6, 6.07) is 4.66. The molecule has 0 fully saturated rings. The molecule has 0 unspecified atom stereocenters. The Hall–Kier alpha value is -1.47. The average molecular weight is 373 g/mol. The van der Waals surface area contributed by atoms with Gasteiger partial charge in [-0.3, -0.25) is 4.79 Å². The number of hydrogen-bond acceptors (Lipinski definition) is 5. The van der Waals surface area contributed by atoms with Gasteiger partial charge in [-0.1, -0.05) is 15.9 Å². The maximum Gasteiger partial charge on any atom is 0.306 e. The summed E-state index contributed by atoms with van der Waals surface area (Å²) < 4.78 is 19.3. The van der Waals surface area contributed by atoms with Crippen LogP contribution in [0.15, 0.2) is 28.1 Å². The summed E-state index contributed by atoms with van der Waals surface area (Å²) in [5, 5.41) is 5.37. The Morgan fingerprint density at radius 2 is 2.33 bits per heavy atom. The molecule has 0 aliphatic rings. The van der Waals surface area contributed by atoms with Crippen LogP contribution in [-0.2, 0) is 16.0 Å². The summed E-state index contributed by atoms with van der Waals surface area (Å²) in [5.74, 6) is -0.584. The van der Waals surface area contributed by atoms with E-state index >= 15 is 0 Å². The van der Waals surface area contributed by atoms with Gasteiger partial charge in [0.25, 0.3) is 0 Å². The van der Waals surface area contributed by atoms with Crippen LogP contribution >= 0.6 is 27.3 Å². The van der Waals surface area contributed by atoms with Crippen molar-refractivity contribution in [2.45, 2.75) is 19.8 Å². The molecule has 1 aromatic heterocycles. The van der Waals surface area contributed by atoms with E-state index in [-0.39, 0.29) is 11.8 Å². The normalized spacial score (nSPS) is 10.4. The molecule has 21 heavy (non-hydrogen) atoms. The smallest absolute Gasteiger partial charge is 0.306 e. The van der Waals surface area contributed by atoms with Crippen LogP contribution in [-0.4, -0.2) is 17.6 Å². The lowest BCUT2D eigenvalue weighted by molar-refractivity contribution is -0.143. The Morgan fingerprint density at radius 3 is 3.10 bits per heavy atom. The first-order chi connectivity index (χ1) is 10.1. The number of rotatable bonds is 6. The summed E-state index contributed by atoms with van der Waals surface area (Å²) in [4.78, 5) is 15.6. The van der Waals surface area contributed by atoms with Gasteiger partial charge in [0.15, 0.2) is 5.13 Å². The molecule has 0 radical (unpaired) electrons. The third-order valence-corrected chi connectivity index (χ3v) is 3.91. The Kier molecular flexibility index (Phi) is 5.69. The number of nitrogens with zero attached hydrogens (tertiary/aromatic N) is 1. The van der Waals surface area contributed by atoms with Crippen molar-refractivity contribution in [2.24, 2.45) is 0 Å². The zero-order valence-corrected chi connectivity index (χ0v) is 13.8. The molecule has 1 aromatic carbocycles. The number of aryl methyl sites for hydroxylation is 1. The monoisotopic (exact) mass is 372 g/mol. The Balaban J connectivity index is 1.97. The van der Waals surface area contributed by atoms with E-state index in [1.54, 1.807) is 19.1 Å². The lowest BCUT2D eigenvalue weighted by Gasteiger charge is -2.04. The molecule has 4 nitrogen and oxygen atoms in total. The molecule has 0 aliphatic heterocycles. The molecule has 2 rings (SSSR count). The van der Waals surface area contributed by atoms with Gasteiger partial charge in [-0.2, -0.15) is 0 Å². The van der Waals surface area contributed by atoms with E-state index in [0.717, 1.165) is 10.2 Å². The van der Waals surface area contributed by atoms with Gasteiger partial charge in [0, 0.05) is 16.3 Å². The second-order valence-electron chi connectivity index (χ2n) is 4.20. The quantitative estimate of drug-likeness (QED) is 0.768. The number of aromatic nitrogens is 1. The third-order valence-electron chi connectivity index (χ3n) is 2.61. The second kappa shape index (κ2) is 7.51. The molecule has 1 N–H and O–H groups in total. The number of benzene rings is 1. The number of hydrogen-bond donors (Lipinski definition) is 1. The molecule has 7 heteroatoms. The molecule has 0 bridgehead atoms. The Morgan fingerprint density at radius 1 is 1.52 bits per heavy atom. The maximum absolute atomic E-state index is 13.6. The van der Waals surface area contributed by atoms with Gasteiger partial charge in [-0.25, -0.2) is 9.37 Å². The summed E-state index contributed by atoms with van der Waals surface area (Å²) in [5.41, 5.74) is 1.14.